The molecule has 1 aromatic carbocycles. The maximum atomic E-state index is 6.52. The lowest BCUT2D eigenvalue weighted by atomic mass is 10.0. The van der Waals surface area contributed by atoms with Crippen molar-refractivity contribution in [3.05, 3.63) is 28.2 Å². The van der Waals surface area contributed by atoms with Gasteiger partial charge in [0.15, 0.2) is 0 Å². The molecule has 100 valence electrons. The summed E-state index contributed by atoms with van der Waals surface area (Å²) in [7, 11) is 0. The van der Waals surface area contributed by atoms with Crippen molar-refractivity contribution < 1.29 is 9.47 Å². The number of alkyl halides is 1. The molecule has 0 spiro atoms. The van der Waals surface area contributed by atoms with Gasteiger partial charge in [0.25, 0.3) is 0 Å². The normalized spacial score (nSPS) is 25.1. The molecule has 1 aromatic rings. The molecule has 0 saturated carbocycles. The van der Waals surface area contributed by atoms with Crippen molar-refractivity contribution >= 4 is 27.5 Å². The quantitative estimate of drug-likeness (QED) is 0.744. The standard InChI is InChI=1S/C14H18BrClO2/c1-3-17-10-5-6-11(12(15)8-10)14(16)13-7-4-9(2)18-13/h5-6,8-9,13-14H,3-4,7H2,1-2H3. The molecule has 0 amide bonds. The van der Waals surface area contributed by atoms with Gasteiger partial charge in [-0.25, -0.2) is 0 Å². The van der Waals surface area contributed by atoms with Crippen LogP contribution >= 0.6 is 27.5 Å². The van der Waals surface area contributed by atoms with Crippen LogP contribution in [-0.2, 0) is 4.74 Å². The Morgan fingerprint density at radius 3 is 2.83 bits per heavy atom. The molecule has 2 nitrogen and oxygen atoms in total. The van der Waals surface area contributed by atoms with E-state index in [-0.39, 0.29) is 11.5 Å². The number of rotatable bonds is 4. The first-order valence-corrected chi connectivity index (χ1v) is 7.56. The Balaban J connectivity index is 2.12. The molecule has 0 radical (unpaired) electrons. The SMILES string of the molecule is CCOc1ccc(C(Cl)C2CCC(C)O2)c(Br)c1. The number of benzene rings is 1. The molecule has 2 rings (SSSR count). The molecule has 1 fully saturated rings. The van der Waals surface area contributed by atoms with Gasteiger partial charge in [-0.1, -0.05) is 22.0 Å². The lowest BCUT2D eigenvalue weighted by Gasteiger charge is -2.19. The van der Waals surface area contributed by atoms with Gasteiger partial charge in [0.1, 0.15) is 5.75 Å². The first-order chi connectivity index (χ1) is 8.61. The summed E-state index contributed by atoms with van der Waals surface area (Å²) in [6, 6.07) is 5.93. The summed E-state index contributed by atoms with van der Waals surface area (Å²) >= 11 is 10.1. The number of hydrogen-bond acceptors (Lipinski definition) is 2. The molecule has 4 heteroatoms. The van der Waals surface area contributed by atoms with Gasteiger partial charge in [0.05, 0.1) is 24.2 Å². The van der Waals surface area contributed by atoms with E-state index >= 15 is 0 Å². The lowest BCUT2D eigenvalue weighted by Crippen LogP contribution is -2.15. The Bertz CT molecular complexity index is 411. The summed E-state index contributed by atoms with van der Waals surface area (Å²) in [6.07, 6.45) is 2.53. The predicted molar refractivity (Wildman–Crippen MR) is 77.5 cm³/mol. The van der Waals surface area contributed by atoms with Gasteiger partial charge < -0.3 is 9.47 Å². The maximum Gasteiger partial charge on any atom is 0.120 e. The van der Waals surface area contributed by atoms with Crippen molar-refractivity contribution in [2.75, 3.05) is 6.61 Å². The largest absolute Gasteiger partial charge is 0.494 e. The number of hydrogen-bond donors (Lipinski definition) is 0. The molecule has 0 N–H and O–H groups in total. The van der Waals surface area contributed by atoms with Gasteiger partial charge >= 0.3 is 0 Å². The highest BCUT2D eigenvalue weighted by Gasteiger charge is 2.30. The molecule has 3 unspecified atom stereocenters. The van der Waals surface area contributed by atoms with E-state index in [2.05, 4.69) is 22.9 Å². The molecule has 0 aromatic heterocycles. The number of ether oxygens (including phenoxy) is 2. The van der Waals surface area contributed by atoms with Crippen LogP contribution in [0.25, 0.3) is 0 Å². The fourth-order valence-electron chi connectivity index (χ4n) is 2.24. The molecular formula is C14H18BrClO2. The molecule has 0 aliphatic carbocycles. The maximum absolute atomic E-state index is 6.52. The highest BCUT2D eigenvalue weighted by molar-refractivity contribution is 9.10. The van der Waals surface area contributed by atoms with Crippen molar-refractivity contribution in [1.82, 2.24) is 0 Å². The Hall–Kier alpha value is -0.250. The Labute approximate surface area is 122 Å². The van der Waals surface area contributed by atoms with E-state index in [4.69, 9.17) is 21.1 Å². The van der Waals surface area contributed by atoms with Crippen molar-refractivity contribution in [3.8, 4) is 5.75 Å². The van der Waals surface area contributed by atoms with Crippen molar-refractivity contribution in [2.24, 2.45) is 0 Å². The average molecular weight is 334 g/mol. The summed E-state index contributed by atoms with van der Waals surface area (Å²) in [5.74, 6) is 0.859. The van der Waals surface area contributed by atoms with Gasteiger partial charge in [-0.3, -0.25) is 0 Å². The van der Waals surface area contributed by atoms with E-state index in [1.807, 2.05) is 25.1 Å². The van der Waals surface area contributed by atoms with Crippen LogP contribution in [-0.4, -0.2) is 18.8 Å². The smallest absolute Gasteiger partial charge is 0.120 e. The van der Waals surface area contributed by atoms with Crippen LogP contribution in [0.3, 0.4) is 0 Å². The van der Waals surface area contributed by atoms with Crippen molar-refractivity contribution in [1.29, 1.82) is 0 Å². The first kappa shape index (κ1) is 14.2. The summed E-state index contributed by atoms with van der Waals surface area (Å²) in [4.78, 5) is 0. The van der Waals surface area contributed by atoms with Crippen LogP contribution < -0.4 is 4.74 Å². The second-order valence-electron chi connectivity index (χ2n) is 4.58. The van der Waals surface area contributed by atoms with Gasteiger partial charge in [0, 0.05) is 4.47 Å². The minimum absolute atomic E-state index is 0.107. The zero-order valence-electron chi connectivity index (χ0n) is 10.7. The van der Waals surface area contributed by atoms with Crippen LogP contribution in [0.1, 0.15) is 37.6 Å². The third-order valence-electron chi connectivity index (χ3n) is 3.17. The zero-order valence-corrected chi connectivity index (χ0v) is 13.0. The molecule has 1 saturated heterocycles. The Morgan fingerprint density at radius 2 is 2.28 bits per heavy atom. The van der Waals surface area contributed by atoms with Gasteiger partial charge in [0.2, 0.25) is 0 Å². The minimum atomic E-state index is -0.111. The van der Waals surface area contributed by atoms with E-state index in [9.17, 15) is 0 Å². The molecule has 1 aliphatic heterocycles. The fraction of sp³-hybridized carbons (Fsp3) is 0.571. The Morgan fingerprint density at radius 1 is 1.50 bits per heavy atom. The van der Waals surface area contributed by atoms with Crippen molar-refractivity contribution in [2.45, 2.75) is 44.3 Å². The highest BCUT2D eigenvalue weighted by Crippen LogP contribution is 2.38. The third kappa shape index (κ3) is 3.19. The first-order valence-electron chi connectivity index (χ1n) is 6.33. The summed E-state index contributed by atoms with van der Waals surface area (Å²) in [5.41, 5.74) is 1.07. The van der Waals surface area contributed by atoms with Crippen LogP contribution in [0.4, 0.5) is 0 Å². The molecule has 18 heavy (non-hydrogen) atoms. The second kappa shape index (κ2) is 6.27. The summed E-state index contributed by atoms with van der Waals surface area (Å²) in [5, 5.41) is -0.111. The lowest BCUT2D eigenvalue weighted by molar-refractivity contribution is 0.0532. The summed E-state index contributed by atoms with van der Waals surface area (Å²) in [6.45, 7) is 4.73. The predicted octanol–water partition coefficient (Wildman–Crippen LogP) is 4.70. The van der Waals surface area contributed by atoms with Gasteiger partial charge in [-0.2, -0.15) is 0 Å². The van der Waals surface area contributed by atoms with E-state index in [1.54, 1.807) is 0 Å². The number of halogens is 2. The average Bonchev–Trinajstić information content (AvgIpc) is 2.76. The molecule has 0 bridgehead atoms. The monoisotopic (exact) mass is 332 g/mol. The molecule has 1 heterocycles. The molecule has 3 atom stereocenters. The van der Waals surface area contributed by atoms with Crippen LogP contribution in [0.15, 0.2) is 22.7 Å². The second-order valence-corrected chi connectivity index (χ2v) is 5.91. The topological polar surface area (TPSA) is 18.5 Å². The molecular weight excluding hydrogens is 316 g/mol. The van der Waals surface area contributed by atoms with Gasteiger partial charge in [-0.05, 0) is 44.4 Å². The molecule has 1 aliphatic rings. The minimum Gasteiger partial charge on any atom is -0.494 e. The van der Waals surface area contributed by atoms with E-state index in [0.29, 0.717) is 12.7 Å². The third-order valence-corrected chi connectivity index (χ3v) is 4.37. The van der Waals surface area contributed by atoms with Crippen LogP contribution in [0, 0.1) is 0 Å². The van der Waals surface area contributed by atoms with E-state index in [1.165, 1.54) is 0 Å². The van der Waals surface area contributed by atoms with E-state index < -0.39 is 0 Å². The van der Waals surface area contributed by atoms with Crippen molar-refractivity contribution in [3.63, 3.8) is 0 Å². The highest BCUT2D eigenvalue weighted by atomic mass is 79.9. The fourth-order valence-corrected chi connectivity index (χ4v) is 3.35. The Kier molecular flexibility index (Phi) is 4.93. The van der Waals surface area contributed by atoms with E-state index in [0.717, 1.165) is 28.6 Å². The zero-order chi connectivity index (χ0) is 13.1. The van der Waals surface area contributed by atoms with Crippen LogP contribution in [0.5, 0.6) is 5.75 Å². The van der Waals surface area contributed by atoms with Crippen LogP contribution in [0.2, 0.25) is 0 Å². The summed E-state index contributed by atoms with van der Waals surface area (Å²) < 4.78 is 12.3. The van der Waals surface area contributed by atoms with Gasteiger partial charge in [-0.15, -0.1) is 11.6 Å².